The molecule has 2 heterocycles. The van der Waals surface area contributed by atoms with Crippen LogP contribution in [0.4, 0.5) is 0 Å². The van der Waals surface area contributed by atoms with Gasteiger partial charge in [0.15, 0.2) is 0 Å². The molecule has 1 aliphatic carbocycles. The van der Waals surface area contributed by atoms with Crippen LogP contribution in [0.15, 0.2) is 41.4 Å². The molecule has 6 nitrogen and oxygen atoms in total. The van der Waals surface area contributed by atoms with Gasteiger partial charge in [0.1, 0.15) is 0 Å². The van der Waals surface area contributed by atoms with Crippen LogP contribution in [0, 0.1) is 5.41 Å². The Morgan fingerprint density at radius 3 is 2.76 bits per heavy atom. The van der Waals surface area contributed by atoms with E-state index in [1.165, 1.54) is 11.9 Å². The van der Waals surface area contributed by atoms with Crippen molar-refractivity contribution >= 4 is 35.6 Å². The number of carbonyl (C=O) groups is 1. The van der Waals surface area contributed by atoms with Crippen molar-refractivity contribution < 1.29 is 9.53 Å². The molecule has 1 saturated heterocycles. The van der Waals surface area contributed by atoms with E-state index in [-0.39, 0.29) is 35.3 Å². The van der Waals surface area contributed by atoms with Crippen LogP contribution in [0.25, 0.3) is 0 Å². The number of nitrogens with zero attached hydrogens (tertiary/aromatic N) is 3. The lowest BCUT2D eigenvalue weighted by Crippen LogP contribution is -2.39. The van der Waals surface area contributed by atoms with Gasteiger partial charge in [-0.05, 0) is 36.5 Å². The number of ether oxygens (including phenoxy) is 1. The zero-order valence-electron chi connectivity index (χ0n) is 14.7. The number of nitrogens with one attached hydrogen (secondary N) is 1. The molecular formula is C18H25IN4O2. The van der Waals surface area contributed by atoms with E-state index in [0.717, 1.165) is 44.9 Å². The van der Waals surface area contributed by atoms with Gasteiger partial charge in [0.05, 0.1) is 24.5 Å². The summed E-state index contributed by atoms with van der Waals surface area (Å²) in [5.74, 6) is -0.236. The first-order chi connectivity index (χ1) is 11.5. The molecule has 1 aromatic heterocycles. The number of halogens is 1. The number of carbonyl (C=O) groups excluding carboxylic acids is 1. The largest absolute Gasteiger partial charge is 0.378 e. The van der Waals surface area contributed by atoms with Crippen molar-refractivity contribution in [2.24, 2.45) is 10.5 Å². The lowest BCUT2D eigenvalue weighted by atomic mass is 9.78. The average Bonchev–Trinajstić information content (AvgIpc) is 2.60. The molecule has 0 aromatic carbocycles. The minimum atomic E-state index is -0.236. The van der Waals surface area contributed by atoms with Crippen LogP contribution >= 0.6 is 24.0 Å². The molecule has 1 aromatic rings. The summed E-state index contributed by atoms with van der Waals surface area (Å²) in [5.41, 5.74) is 5.47. The lowest BCUT2D eigenvalue weighted by molar-refractivity contribution is 0.0491. The Hall–Kier alpha value is -1.48. The molecule has 1 N–H and O–H groups in total. The number of pyridine rings is 1. The van der Waals surface area contributed by atoms with Crippen LogP contribution in [0.3, 0.4) is 0 Å². The van der Waals surface area contributed by atoms with Gasteiger partial charge >= 0.3 is 0 Å². The quantitative estimate of drug-likeness (QED) is 0.561. The SMILES string of the molecule is CC1(C)CC(N2CCOCC2)=C/C(=N/NC(=O)c2cccnc2)C1.I. The van der Waals surface area contributed by atoms with Gasteiger partial charge in [0, 0.05) is 31.2 Å². The first-order valence-electron chi connectivity index (χ1n) is 8.34. The number of aromatic nitrogens is 1. The van der Waals surface area contributed by atoms with Gasteiger partial charge in [-0.2, -0.15) is 5.10 Å². The fourth-order valence-electron chi connectivity index (χ4n) is 3.15. The van der Waals surface area contributed by atoms with Crippen LogP contribution in [-0.4, -0.2) is 47.8 Å². The molecule has 1 fully saturated rings. The fourth-order valence-corrected chi connectivity index (χ4v) is 3.15. The van der Waals surface area contributed by atoms with Crippen molar-refractivity contribution in [1.29, 1.82) is 0 Å². The summed E-state index contributed by atoms with van der Waals surface area (Å²) < 4.78 is 5.44. The highest BCUT2D eigenvalue weighted by molar-refractivity contribution is 14.0. The molecule has 0 atom stereocenters. The molecule has 1 aliphatic heterocycles. The highest BCUT2D eigenvalue weighted by atomic mass is 127. The first-order valence-corrected chi connectivity index (χ1v) is 8.34. The smallest absolute Gasteiger partial charge is 0.272 e. The number of rotatable bonds is 3. The Balaban J connectivity index is 0.00000225. The van der Waals surface area contributed by atoms with E-state index in [9.17, 15) is 4.79 Å². The number of amides is 1. The molecule has 0 spiro atoms. The second-order valence-corrected chi connectivity index (χ2v) is 7.04. The zero-order chi connectivity index (χ0) is 17.0. The van der Waals surface area contributed by atoms with Crippen molar-refractivity contribution in [3.05, 3.63) is 41.9 Å². The maximum absolute atomic E-state index is 12.1. The summed E-state index contributed by atoms with van der Waals surface area (Å²) in [6, 6.07) is 3.46. The maximum Gasteiger partial charge on any atom is 0.272 e. The molecule has 7 heteroatoms. The summed E-state index contributed by atoms with van der Waals surface area (Å²) >= 11 is 0. The van der Waals surface area contributed by atoms with E-state index in [2.05, 4.69) is 40.3 Å². The second-order valence-electron chi connectivity index (χ2n) is 7.04. The van der Waals surface area contributed by atoms with Gasteiger partial charge in [-0.3, -0.25) is 9.78 Å². The number of morpholine rings is 1. The van der Waals surface area contributed by atoms with E-state index in [4.69, 9.17) is 4.74 Å². The molecule has 1 amide bonds. The fraction of sp³-hybridized carbons (Fsp3) is 0.500. The molecule has 136 valence electrons. The van der Waals surface area contributed by atoms with Crippen molar-refractivity contribution in [3.63, 3.8) is 0 Å². The first kappa shape index (κ1) is 19.8. The molecule has 25 heavy (non-hydrogen) atoms. The number of allylic oxidation sites excluding steroid dienone is 2. The van der Waals surface area contributed by atoms with Gasteiger partial charge in [-0.15, -0.1) is 24.0 Å². The van der Waals surface area contributed by atoms with E-state index in [1.807, 2.05) is 0 Å². The van der Waals surface area contributed by atoms with Crippen molar-refractivity contribution in [3.8, 4) is 0 Å². The molecule has 0 unspecified atom stereocenters. The van der Waals surface area contributed by atoms with Gasteiger partial charge < -0.3 is 9.64 Å². The van der Waals surface area contributed by atoms with E-state index < -0.39 is 0 Å². The summed E-state index contributed by atoms with van der Waals surface area (Å²) in [7, 11) is 0. The molecular weight excluding hydrogens is 431 g/mol. The van der Waals surface area contributed by atoms with E-state index in [1.54, 1.807) is 18.3 Å². The minimum absolute atomic E-state index is 0. The number of hydrogen-bond donors (Lipinski definition) is 1. The molecule has 0 saturated carbocycles. The second kappa shape index (κ2) is 8.75. The number of hydrogen-bond acceptors (Lipinski definition) is 5. The third kappa shape index (κ3) is 5.50. The standard InChI is InChI=1S/C18H24N4O2.HI/c1-18(2)11-15(10-16(12-18)22-6-8-24-9-7-22)20-21-17(23)14-4-3-5-19-13-14;/h3-5,10,13H,6-9,11-12H2,1-2H3,(H,21,23);1H/b20-15-;. The average molecular weight is 456 g/mol. The Morgan fingerprint density at radius 1 is 1.32 bits per heavy atom. The maximum atomic E-state index is 12.1. The summed E-state index contributed by atoms with van der Waals surface area (Å²) in [5, 5.41) is 4.36. The van der Waals surface area contributed by atoms with E-state index in [0.29, 0.717) is 5.56 Å². The lowest BCUT2D eigenvalue weighted by Gasteiger charge is -2.38. The number of hydrazone groups is 1. The van der Waals surface area contributed by atoms with Gasteiger partial charge in [-0.1, -0.05) is 13.8 Å². The summed E-state index contributed by atoms with van der Waals surface area (Å²) in [6.45, 7) is 7.83. The molecule has 0 radical (unpaired) electrons. The third-order valence-corrected chi connectivity index (χ3v) is 4.29. The van der Waals surface area contributed by atoms with Gasteiger partial charge in [-0.25, -0.2) is 5.43 Å². The zero-order valence-corrected chi connectivity index (χ0v) is 17.0. The molecule has 0 bridgehead atoms. The highest BCUT2D eigenvalue weighted by Gasteiger charge is 2.29. The monoisotopic (exact) mass is 456 g/mol. The van der Waals surface area contributed by atoms with Crippen molar-refractivity contribution in [1.82, 2.24) is 15.3 Å². The van der Waals surface area contributed by atoms with Crippen molar-refractivity contribution in [2.75, 3.05) is 26.3 Å². The third-order valence-electron chi connectivity index (χ3n) is 4.29. The van der Waals surface area contributed by atoms with Crippen LogP contribution in [0.5, 0.6) is 0 Å². The van der Waals surface area contributed by atoms with Gasteiger partial charge in [0.25, 0.3) is 5.91 Å². The van der Waals surface area contributed by atoms with Crippen molar-refractivity contribution in [2.45, 2.75) is 26.7 Å². The van der Waals surface area contributed by atoms with Crippen LogP contribution < -0.4 is 5.43 Å². The molecule has 3 rings (SSSR count). The predicted octanol–water partition coefficient (Wildman–Crippen LogP) is 2.82. The Morgan fingerprint density at radius 2 is 2.08 bits per heavy atom. The van der Waals surface area contributed by atoms with Crippen LogP contribution in [0.1, 0.15) is 37.0 Å². The van der Waals surface area contributed by atoms with Crippen LogP contribution in [0.2, 0.25) is 0 Å². The topological polar surface area (TPSA) is 66.8 Å². The Bertz CT molecular complexity index is 652. The summed E-state index contributed by atoms with van der Waals surface area (Å²) in [4.78, 5) is 18.4. The minimum Gasteiger partial charge on any atom is -0.378 e. The Labute approximate surface area is 165 Å². The predicted molar refractivity (Wildman–Crippen MR) is 108 cm³/mol. The van der Waals surface area contributed by atoms with E-state index >= 15 is 0 Å². The van der Waals surface area contributed by atoms with Gasteiger partial charge in [0.2, 0.25) is 0 Å². The molecule has 2 aliphatic rings. The highest BCUT2D eigenvalue weighted by Crippen LogP contribution is 2.35. The van der Waals surface area contributed by atoms with Crippen LogP contribution in [-0.2, 0) is 4.74 Å². The Kier molecular flexibility index (Phi) is 6.95. The normalized spacial score (nSPS) is 21.3. The summed E-state index contributed by atoms with van der Waals surface area (Å²) in [6.07, 6.45) is 7.15.